The van der Waals surface area contributed by atoms with E-state index in [4.69, 9.17) is 10.5 Å². The second-order valence-electron chi connectivity index (χ2n) is 4.11. The summed E-state index contributed by atoms with van der Waals surface area (Å²) >= 11 is 0. The second-order valence-corrected chi connectivity index (χ2v) is 4.11. The molecule has 0 spiro atoms. The molecule has 0 aliphatic heterocycles. The summed E-state index contributed by atoms with van der Waals surface area (Å²) in [5, 5.41) is 0. The highest BCUT2D eigenvalue weighted by atomic mass is 35.5. The molecule has 3 nitrogen and oxygen atoms in total. The molecule has 0 rings (SSSR count). The molecule has 0 bridgehead atoms. The van der Waals surface area contributed by atoms with Gasteiger partial charge in [-0.05, 0) is 18.8 Å². The third-order valence-electron chi connectivity index (χ3n) is 2.02. The minimum Gasteiger partial charge on any atom is -0.465 e. The molecule has 0 unspecified atom stereocenters. The molecule has 92 valence electrons. The van der Waals surface area contributed by atoms with Gasteiger partial charge in [-0.3, -0.25) is 4.79 Å². The van der Waals surface area contributed by atoms with E-state index in [9.17, 15) is 4.79 Å². The van der Waals surface area contributed by atoms with Gasteiger partial charge in [0.1, 0.15) is 6.04 Å². The van der Waals surface area contributed by atoms with Gasteiger partial charge in [-0.2, -0.15) is 0 Å². The van der Waals surface area contributed by atoms with Crippen LogP contribution in [-0.4, -0.2) is 18.6 Å². The second kappa shape index (κ2) is 10.2. The fraction of sp³-hybridized carbons (Fsp3) is 0.909. The first kappa shape index (κ1) is 17.1. The molecule has 0 radical (unpaired) electrons. The standard InChI is InChI=1S/C11H23NO2.ClH/c1-4-5-6-7-14-11(13)10(12)8-9(2)3;/h9-10H,4-8,12H2,1-3H3;1H/t10-;/m0./s1. The van der Waals surface area contributed by atoms with Crippen molar-refractivity contribution in [3.05, 3.63) is 0 Å². The van der Waals surface area contributed by atoms with Gasteiger partial charge >= 0.3 is 5.97 Å². The summed E-state index contributed by atoms with van der Waals surface area (Å²) in [5.41, 5.74) is 5.66. The van der Waals surface area contributed by atoms with Gasteiger partial charge in [0.05, 0.1) is 6.61 Å². The highest BCUT2D eigenvalue weighted by Crippen LogP contribution is 2.04. The van der Waals surface area contributed by atoms with Gasteiger partial charge in [-0.1, -0.05) is 33.6 Å². The molecule has 0 amide bonds. The number of rotatable bonds is 7. The molecule has 0 aliphatic rings. The summed E-state index contributed by atoms with van der Waals surface area (Å²) in [6.07, 6.45) is 3.88. The third kappa shape index (κ3) is 10.0. The molecule has 4 heteroatoms. The highest BCUT2D eigenvalue weighted by molar-refractivity contribution is 5.85. The summed E-state index contributed by atoms with van der Waals surface area (Å²) in [6.45, 7) is 6.72. The van der Waals surface area contributed by atoms with Crippen LogP contribution >= 0.6 is 12.4 Å². The van der Waals surface area contributed by atoms with Crippen molar-refractivity contribution in [2.75, 3.05) is 6.61 Å². The van der Waals surface area contributed by atoms with Crippen molar-refractivity contribution in [3.63, 3.8) is 0 Å². The summed E-state index contributed by atoms with van der Waals surface area (Å²) in [5.74, 6) is 0.183. The van der Waals surface area contributed by atoms with E-state index in [1.165, 1.54) is 0 Å². The van der Waals surface area contributed by atoms with E-state index in [2.05, 4.69) is 6.92 Å². The quantitative estimate of drug-likeness (QED) is 0.547. The average molecular weight is 238 g/mol. The van der Waals surface area contributed by atoms with Gasteiger partial charge in [0.15, 0.2) is 0 Å². The van der Waals surface area contributed by atoms with Crippen molar-refractivity contribution in [2.24, 2.45) is 11.7 Å². The smallest absolute Gasteiger partial charge is 0.322 e. The van der Waals surface area contributed by atoms with Crippen LogP contribution in [0, 0.1) is 5.92 Å². The van der Waals surface area contributed by atoms with E-state index in [1.807, 2.05) is 13.8 Å². The number of hydrogen-bond acceptors (Lipinski definition) is 3. The zero-order chi connectivity index (χ0) is 11.0. The SMILES string of the molecule is CCCCCOC(=O)[C@@H](N)CC(C)C.Cl. The van der Waals surface area contributed by atoms with Crippen LogP contribution < -0.4 is 5.73 Å². The zero-order valence-corrected chi connectivity index (χ0v) is 10.8. The van der Waals surface area contributed by atoms with Gasteiger partial charge in [0.2, 0.25) is 0 Å². The van der Waals surface area contributed by atoms with Crippen LogP contribution in [0.2, 0.25) is 0 Å². The minimum absolute atomic E-state index is 0. The van der Waals surface area contributed by atoms with Crippen LogP contribution in [0.4, 0.5) is 0 Å². The Kier molecular flexibility index (Phi) is 11.7. The molecule has 2 N–H and O–H groups in total. The molecule has 0 aromatic carbocycles. The van der Waals surface area contributed by atoms with Gasteiger partial charge < -0.3 is 10.5 Å². The van der Waals surface area contributed by atoms with Gasteiger partial charge in [0.25, 0.3) is 0 Å². The lowest BCUT2D eigenvalue weighted by molar-refractivity contribution is -0.145. The molecule has 0 saturated heterocycles. The number of ether oxygens (including phenoxy) is 1. The van der Waals surface area contributed by atoms with Crippen LogP contribution in [0.5, 0.6) is 0 Å². The lowest BCUT2D eigenvalue weighted by Crippen LogP contribution is -2.33. The number of esters is 1. The lowest BCUT2D eigenvalue weighted by Gasteiger charge is -2.13. The van der Waals surface area contributed by atoms with Crippen LogP contribution in [0.15, 0.2) is 0 Å². The van der Waals surface area contributed by atoms with E-state index >= 15 is 0 Å². The summed E-state index contributed by atoms with van der Waals surface area (Å²) in [7, 11) is 0. The Labute approximate surface area is 99.2 Å². The lowest BCUT2D eigenvalue weighted by atomic mass is 10.1. The first-order valence-corrected chi connectivity index (χ1v) is 5.50. The van der Waals surface area contributed by atoms with Crippen molar-refractivity contribution in [1.82, 2.24) is 0 Å². The summed E-state index contributed by atoms with van der Waals surface area (Å²) < 4.78 is 5.04. The summed E-state index contributed by atoms with van der Waals surface area (Å²) in [4.78, 5) is 11.3. The molecule has 0 saturated carbocycles. The van der Waals surface area contributed by atoms with Crippen LogP contribution in [-0.2, 0) is 9.53 Å². The number of hydrogen-bond donors (Lipinski definition) is 1. The van der Waals surface area contributed by atoms with E-state index < -0.39 is 6.04 Å². The Morgan fingerprint density at radius 2 is 1.93 bits per heavy atom. The Bertz CT molecular complexity index is 163. The van der Waals surface area contributed by atoms with Crippen LogP contribution in [0.1, 0.15) is 46.5 Å². The zero-order valence-electron chi connectivity index (χ0n) is 9.99. The maximum absolute atomic E-state index is 11.3. The summed E-state index contributed by atoms with van der Waals surface area (Å²) in [6, 6.07) is -0.448. The molecule has 0 aliphatic carbocycles. The molecule has 0 aromatic heterocycles. The molecule has 0 aromatic rings. The van der Waals surface area contributed by atoms with E-state index in [0.717, 1.165) is 19.3 Å². The third-order valence-corrected chi connectivity index (χ3v) is 2.02. The fourth-order valence-electron chi connectivity index (χ4n) is 1.24. The maximum atomic E-state index is 11.3. The topological polar surface area (TPSA) is 52.3 Å². The normalized spacial score (nSPS) is 12.1. The Hall–Kier alpha value is -0.280. The number of unbranched alkanes of at least 4 members (excludes halogenated alkanes) is 2. The average Bonchev–Trinajstić information content (AvgIpc) is 2.11. The van der Waals surface area contributed by atoms with Gasteiger partial charge in [-0.15, -0.1) is 12.4 Å². The van der Waals surface area contributed by atoms with Gasteiger partial charge in [0, 0.05) is 0 Å². The molecular weight excluding hydrogens is 214 g/mol. The molecule has 1 atom stereocenters. The maximum Gasteiger partial charge on any atom is 0.322 e. The molecule has 15 heavy (non-hydrogen) atoms. The van der Waals surface area contributed by atoms with E-state index in [0.29, 0.717) is 18.9 Å². The van der Waals surface area contributed by atoms with Crippen LogP contribution in [0.25, 0.3) is 0 Å². The van der Waals surface area contributed by atoms with Crippen molar-refractivity contribution >= 4 is 18.4 Å². The van der Waals surface area contributed by atoms with E-state index in [-0.39, 0.29) is 18.4 Å². The monoisotopic (exact) mass is 237 g/mol. The first-order valence-electron chi connectivity index (χ1n) is 5.50. The van der Waals surface area contributed by atoms with Gasteiger partial charge in [-0.25, -0.2) is 0 Å². The van der Waals surface area contributed by atoms with Crippen LogP contribution in [0.3, 0.4) is 0 Å². The van der Waals surface area contributed by atoms with Crippen molar-refractivity contribution < 1.29 is 9.53 Å². The number of nitrogens with two attached hydrogens (primary N) is 1. The highest BCUT2D eigenvalue weighted by Gasteiger charge is 2.15. The first-order chi connectivity index (χ1) is 6.57. The van der Waals surface area contributed by atoms with E-state index in [1.54, 1.807) is 0 Å². The Balaban J connectivity index is 0. The predicted octanol–water partition coefficient (Wildman–Crippen LogP) is 2.52. The number of carbonyl (C=O) groups excluding carboxylic acids is 1. The molecule has 0 fully saturated rings. The van der Waals surface area contributed by atoms with Crippen molar-refractivity contribution in [2.45, 2.75) is 52.5 Å². The Morgan fingerprint density at radius 3 is 2.40 bits per heavy atom. The number of halogens is 1. The fourth-order valence-corrected chi connectivity index (χ4v) is 1.24. The van der Waals surface area contributed by atoms with Crippen molar-refractivity contribution in [3.8, 4) is 0 Å². The minimum atomic E-state index is -0.448. The molecular formula is C11H24ClNO2. The molecule has 0 heterocycles. The van der Waals surface area contributed by atoms with Crippen molar-refractivity contribution in [1.29, 1.82) is 0 Å². The predicted molar refractivity (Wildman–Crippen MR) is 65.2 cm³/mol. The number of carbonyl (C=O) groups is 1. The Morgan fingerprint density at radius 1 is 1.33 bits per heavy atom. The largest absolute Gasteiger partial charge is 0.465 e.